The maximum atomic E-state index is 12.5. The smallest absolute Gasteiger partial charge is 0.268 e. The molecule has 0 aromatic heterocycles. The Hall–Kier alpha value is -0.860. The summed E-state index contributed by atoms with van der Waals surface area (Å²) < 4.78 is 2.33. The molecule has 1 saturated heterocycles. The Labute approximate surface area is 110 Å². The molecule has 3 nitrogen and oxygen atoms in total. The first kappa shape index (κ1) is 12.2. The van der Waals surface area contributed by atoms with Crippen molar-refractivity contribution in [1.29, 1.82) is 0 Å². The summed E-state index contributed by atoms with van der Waals surface area (Å²) in [7, 11) is 1.95. The highest BCUT2D eigenvalue weighted by Crippen LogP contribution is 2.53. The lowest BCUT2D eigenvalue weighted by atomic mass is 9.84. The van der Waals surface area contributed by atoms with Crippen molar-refractivity contribution in [3.05, 3.63) is 0 Å². The Balaban J connectivity index is 2.08. The zero-order chi connectivity index (χ0) is 13.2. The fourth-order valence-corrected chi connectivity index (χ4v) is 4.27. The molecule has 0 spiro atoms. The fraction of sp³-hybridized carbons (Fsp3) is 0.867. The highest BCUT2D eigenvalue weighted by molar-refractivity contribution is 5.86. The number of hydrazone groups is 1. The molecule has 3 aliphatic rings. The summed E-state index contributed by atoms with van der Waals surface area (Å²) >= 11 is 0. The molecular weight excluding hydrogens is 224 g/mol. The second-order valence-corrected chi connectivity index (χ2v) is 7.39. The molecule has 0 aromatic carbocycles. The van der Waals surface area contributed by atoms with Gasteiger partial charge < -0.3 is 0 Å². The first-order valence-corrected chi connectivity index (χ1v) is 7.23. The van der Waals surface area contributed by atoms with E-state index in [-0.39, 0.29) is 11.3 Å². The van der Waals surface area contributed by atoms with Crippen LogP contribution >= 0.6 is 0 Å². The molecule has 0 radical (unpaired) electrons. The van der Waals surface area contributed by atoms with E-state index in [0.29, 0.717) is 17.9 Å². The van der Waals surface area contributed by atoms with Crippen LogP contribution in [0.15, 0.2) is 0 Å². The van der Waals surface area contributed by atoms with Crippen LogP contribution in [-0.4, -0.2) is 34.4 Å². The molecule has 3 heteroatoms. The van der Waals surface area contributed by atoms with Gasteiger partial charge in [0.05, 0.1) is 7.05 Å². The standard InChI is InChI=1S/C15H25N2O/c1-9(15(2,3)4)17-13-11-7-6-10(8-11)12(13)14(18)16(17)5/h10-13H,6-8H2,1-5H3/q+1/b17-9-/t10-,11+,12+,13-/m1/s1. The lowest BCUT2D eigenvalue weighted by Gasteiger charge is -2.23. The predicted octanol–water partition coefficient (Wildman–Crippen LogP) is 2.31. The minimum absolute atomic E-state index is 0.130. The van der Waals surface area contributed by atoms with Crippen LogP contribution in [0.25, 0.3) is 0 Å². The third-order valence-corrected chi connectivity index (χ3v) is 5.51. The van der Waals surface area contributed by atoms with Crippen molar-refractivity contribution in [3.63, 3.8) is 0 Å². The summed E-state index contributed by atoms with van der Waals surface area (Å²) in [6.45, 7) is 8.90. The molecular formula is C15H25N2O+. The Kier molecular flexibility index (Phi) is 2.43. The van der Waals surface area contributed by atoms with Crippen LogP contribution in [0.1, 0.15) is 47.0 Å². The average Bonchev–Trinajstić information content (AvgIpc) is 2.92. The molecule has 100 valence electrons. The number of hydrazine groups is 1. The maximum Gasteiger partial charge on any atom is 0.287 e. The van der Waals surface area contributed by atoms with Gasteiger partial charge in [-0.25, -0.2) is 0 Å². The largest absolute Gasteiger partial charge is 0.287 e. The number of carbonyl (C=O) groups excluding carboxylic acids is 1. The zero-order valence-corrected chi connectivity index (χ0v) is 12.2. The first-order valence-electron chi connectivity index (χ1n) is 7.23. The summed E-state index contributed by atoms with van der Waals surface area (Å²) in [5.74, 6) is 2.04. The van der Waals surface area contributed by atoms with Gasteiger partial charge in [-0.2, -0.15) is 0 Å². The molecule has 3 fully saturated rings. The van der Waals surface area contributed by atoms with Gasteiger partial charge in [-0.05, 0) is 25.2 Å². The SMILES string of the molecule is C/C(=[N+]1\[C@@H]2[C@H]3CC[C@H](C3)[C@@H]2C(=O)N1C)C(C)(C)C. The Bertz CT molecular complexity index is 432. The van der Waals surface area contributed by atoms with Gasteiger partial charge in [0, 0.05) is 18.3 Å². The molecule has 0 aromatic rings. The molecule has 2 bridgehead atoms. The number of hydrogen-bond donors (Lipinski definition) is 0. The van der Waals surface area contributed by atoms with Crippen LogP contribution in [0.4, 0.5) is 0 Å². The van der Waals surface area contributed by atoms with Crippen molar-refractivity contribution >= 4 is 11.6 Å². The molecule has 1 heterocycles. The number of rotatable bonds is 0. The molecule has 1 aliphatic heterocycles. The Morgan fingerprint density at radius 2 is 1.89 bits per heavy atom. The van der Waals surface area contributed by atoms with E-state index < -0.39 is 0 Å². The monoisotopic (exact) mass is 249 g/mol. The van der Waals surface area contributed by atoms with Crippen LogP contribution in [0.3, 0.4) is 0 Å². The van der Waals surface area contributed by atoms with E-state index in [2.05, 4.69) is 32.4 Å². The molecule has 2 saturated carbocycles. The zero-order valence-electron chi connectivity index (χ0n) is 12.2. The Morgan fingerprint density at radius 1 is 1.28 bits per heavy atom. The van der Waals surface area contributed by atoms with E-state index in [9.17, 15) is 4.79 Å². The fourth-order valence-electron chi connectivity index (χ4n) is 4.27. The molecule has 0 unspecified atom stereocenters. The van der Waals surface area contributed by atoms with E-state index in [1.165, 1.54) is 25.0 Å². The third-order valence-electron chi connectivity index (χ3n) is 5.51. The van der Waals surface area contributed by atoms with Crippen LogP contribution < -0.4 is 0 Å². The van der Waals surface area contributed by atoms with E-state index in [4.69, 9.17) is 0 Å². The minimum atomic E-state index is 0.130. The molecule has 2 aliphatic carbocycles. The summed E-state index contributed by atoms with van der Waals surface area (Å²) in [6, 6.07) is 0.459. The molecule has 4 atom stereocenters. The number of fused-ring (bicyclic) bond motifs is 5. The van der Waals surface area contributed by atoms with Crippen molar-refractivity contribution in [1.82, 2.24) is 5.01 Å². The van der Waals surface area contributed by atoms with Crippen molar-refractivity contribution in [2.45, 2.75) is 53.0 Å². The molecule has 0 N–H and O–H groups in total. The topological polar surface area (TPSA) is 23.3 Å². The number of amides is 1. The quantitative estimate of drug-likeness (QED) is 0.604. The van der Waals surface area contributed by atoms with Gasteiger partial charge in [0.2, 0.25) is 0 Å². The normalized spacial score (nSPS) is 41.6. The second-order valence-electron chi connectivity index (χ2n) is 7.39. The first-order chi connectivity index (χ1) is 8.32. The summed E-state index contributed by atoms with van der Waals surface area (Å²) in [5, 5.41) is 1.90. The Morgan fingerprint density at radius 3 is 2.50 bits per heavy atom. The summed E-state index contributed by atoms with van der Waals surface area (Å²) in [4.78, 5) is 12.5. The minimum Gasteiger partial charge on any atom is -0.268 e. The second kappa shape index (κ2) is 3.58. The van der Waals surface area contributed by atoms with Gasteiger partial charge in [0.15, 0.2) is 11.8 Å². The highest BCUT2D eigenvalue weighted by Gasteiger charge is 2.64. The van der Waals surface area contributed by atoms with Gasteiger partial charge in [-0.1, -0.05) is 20.8 Å². The van der Waals surface area contributed by atoms with Crippen LogP contribution in [-0.2, 0) is 4.79 Å². The van der Waals surface area contributed by atoms with Crippen LogP contribution in [0, 0.1) is 23.2 Å². The molecule has 18 heavy (non-hydrogen) atoms. The van der Waals surface area contributed by atoms with E-state index in [0.717, 1.165) is 5.92 Å². The van der Waals surface area contributed by atoms with Gasteiger partial charge in [0.1, 0.15) is 5.92 Å². The van der Waals surface area contributed by atoms with E-state index in [1.54, 1.807) is 0 Å². The van der Waals surface area contributed by atoms with Gasteiger partial charge in [0.25, 0.3) is 5.91 Å². The summed E-state index contributed by atoms with van der Waals surface area (Å²) in [6.07, 6.45) is 3.87. The van der Waals surface area contributed by atoms with Crippen LogP contribution in [0.5, 0.6) is 0 Å². The lowest BCUT2D eigenvalue weighted by molar-refractivity contribution is -0.687. The average molecular weight is 249 g/mol. The number of nitrogens with zero attached hydrogens (tertiary/aromatic N) is 2. The van der Waals surface area contributed by atoms with Gasteiger partial charge >= 0.3 is 0 Å². The summed E-state index contributed by atoms with van der Waals surface area (Å²) in [5.41, 5.74) is 1.46. The number of hydrogen-bond acceptors (Lipinski definition) is 1. The number of carbonyl (C=O) groups is 1. The third kappa shape index (κ3) is 1.42. The lowest BCUT2D eigenvalue weighted by Crippen LogP contribution is -2.42. The van der Waals surface area contributed by atoms with Crippen molar-refractivity contribution in [2.75, 3.05) is 7.05 Å². The van der Waals surface area contributed by atoms with Crippen molar-refractivity contribution in [3.8, 4) is 0 Å². The van der Waals surface area contributed by atoms with Crippen molar-refractivity contribution < 1.29 is 9.48 Å². The van der Waals surface area contributed by atoms with E-state index >= 15 is 0 Å². The molecule has 3 rings (SSSR count). The maximum absolute atomic E-state index is 12.5. The van der Waals surface area contributed by atoms with Gasteiger partial charge in [-0.15, -0.1) is 9.69 Å². The van der Waals surface area contributed by atoms with Crippen LogP contribution in [0.2, 0.25) is 0 Å². The predicted molar refractivity (Wildman–Crippen MR) is 71.3 cm³/mol. The highest BCUT2D eigenvalue weighted by atomic mass is 16.2. The van der Waals surface area contributed by atoms with Gasteiger partial charge in [-0.3, -0.25) is 4.79 Å². The molecule has 1 amide bonds. The van der Waals surface area contributed by atoms with Crippen molar-refractivity contribution in [2.24, 2.45) is 23.2 Å². The van der Waals surface area contributed by atoms with E-state index in [1.807, 2.05) is 12.1 Å².